The third kappa shape index (κ3) is 1.81. The van der Waals surface area contributed by atoms with Crippen molar-refractivity contribution >= 4 is 5.82 Å². The van der Waals surface area contributed by atoms with Crippen molar-refractivity contribution in [2.45, 2.75) is 26.7 Å². The first kappa shape index (κ1) is 10.7. The number of rotatable bonds is 2. The summed E-state index contributed by atoms with van der Waals surface area (Å²) >= 11 is 0. The van der Waals surface area contributed by atoms with Gasteiger partial charge in [0.15, 0.2) is 11.6 Å². The Labute approximate surface area is 95.3 Å². The third-order valence-corrected chi connectivity index (χ3v) is 2.61. The summed E-state index contributed by atoms with van der Waals surface area (Å²) in [6.07, 6.45) is 0. The Morgan fingerprint density at radius 1 is 1.31 bits per heavy atom. The van der Waals surface area contributed by atoms with E-state index < -0.39 is 0 Å². The molecule has 1 heterocycles. The lowest BCUT2D eigenvalue weighted by Crippen LogP contribution is -1.95. The predicted molar refractivity (Wildman–Crippen MR) is 65.2 cm³/mol. The number of hydrogen-bond donors (Lipinski definition) is 1. The van der Waals surface area contributed by atoms with Crippen LogP contribution < -0.4 is 5.73 Å². The van der Waals surface area contributed by atoms with Crippen molar-refractivity contribution < 1.29 is 4.52 Å². The zero-order valence-corrected chi connectivity index (χ0v) is 9.82. The molecule has 2 N–H and O–H groups in total. The minimum atomic E-state index is 0.307. The second-order valence-corrected chi connectivity index (χ2v) is 4.33. The summed E-state index contributed by atoms with van der Waals surface area (Å²) in [5.74, 6) is 1.59. The van der Waals surface area contributed by atoms with Crippen LogP contribution in [-0.2, 0) is 0 Å². The number of nitrogen functional groups attached to an aromatic ring is 1. The molecule has 84 valence electrons. The number of anilines is 1. The number of hydrogen-bond acceptors (Lipinski definition) is 3. The lowest BCUT2D eigenvalue weighted by molar-refractivity contribution is 0.434. The maximum atomic E-state index is 5.81. The molecule has 0 fully saturated rings. The average molecular weight is 216 g/mol. The van der Waals surface area contributed by atoms with Gasteiger partial charge in [0.2, 0.25) is 0 Å². The molecule has 3 heteroatoms. The molecule has 0 aliphatic rings. The summed E-state index contributed by atoms with van der Waals surface area (Å²) in [7, 11) is 0. The highest BCUT2D eigenvalue weighted by atomic mass is 16.5. The minimum absolute atomic E-state index is 0.307. The smallest absolute Gasteiger partial charge is 0.172 e. The summed E-state index contributed by atoms with van der Waals surface area (Å²) in [4.78, 5) is 0. The van der Waals surface area contributed by atoms with Crippen molar-refractivity contribution in [3.63, 3.8) is 0 Å². The van der Waals surface area contributed by atoms with Crippen LogP contribution in [0.2, 0.25) is 0 Å². The van der Waals surface area contributed by atoms with Crippen molar-refractivity contribution in [3.8, 4) is 11.3 Å². The summed E-state index contributed by atoms with van der Waals surface area (Å²) in [5, 5.41) is 3.85. The fraction of sp³-hybridized carbons (Fsp3) is 0.308. The van der Waals surface area contributed by atoms with Gasteiger partial charge in [0.1, 0.15) is 0 Å². The van der Waals surface area contributed by atoms with Crippen LogP contribution >= 0.6 is 0 Å². The molecule has 2 rings (SSSR count). The molecule has 1 aromatic heterocycles. The molecular formula is C13H16N2O. The molecule has 3 nitrogen and oxygen atoms in total. The van der Waals surface area contributed by atoms with E-state index in [1.54, 1.807) is 0 Å². The molecule has 0 amide bonds. The number of aromatic nitrogens is 1. The van der Waals surface area contributed by atoms with Gasteiger partial charge in [0.25, 0.3) is 0 Å². The van der Waals surface area contributed by atoms with Crippen molar-refractivity contribution in [2.75, 3.05) is 5.73 Å². The van der Waals surface area contributed by atoms with Crippen LogP contribution in [0.4, 0.5) is 5.82 Å². The van der Waals surface area contributed by atoms with Gasteiger partial charge in [-0.15, -0.1) is 0 Å². The largest absolute Gasteiger partial charge is 0.381 e. The number of aryl methyl sites for hydroxylation is 1. The van der Waals surface area contributed by atoms with Crippen molar-refractivity contribution in [3.05, 3.63) is 35.4 Å². The predicted octanol–water partition coefficient (Wildman–Crippen LogP) is 3.36. The molecule has 2 aromatic rings. The molecule has 1 aromatic carbocycles. The minimum Gasteiger partial charge on any atom is -0.381 e. The van der Waals surface area contributed by atoms with Crippen molar-refractivity contribution in [1.82, 2.24) is 5.16 Å². The van der Waals surface area contributed by atoms with E-state index in [1.807, 2.05) is 12.1 Å². The SMILES string of the molecule is Cc1cccc(-c2onc(N)c2C(C)C)c1. The van der Waals surface area contributed by atoms with E-state index in [9.17, 15) is 0 Å². The van der Waals surface area contributed by atoms with Gasteiger partial charge >= 0.3 is 0 Å². The molecule has 0 aliphatic carbocycles. The van der Waals surface area contributed by atoms with E-state index in [0.29, 0.717) is 11.7 Å². The molecule has 0 bridgehead atoms. The molecule has 0 spiro atoms. The zero-order chi connectivity index (χ0) is 11.7. The highest BCUT2D eigenvalue weighted by Gasteiger charge is 2.18. The van der Waals surface area contributed by atoms with E-state index in [2.05, 4.69) is 38.1 Å². The van der Waals surface area contributed by atoms with E-state index in [-0.39, 0.29) is 0 Å². The number of benzene rings is 1. The van der Waals surface area contributed by atoms with E-state index in [1.165, 1.54) is 5.56 Å². The summed E-state index contributed by atoms with van der Waals surface area (Å²) in [6.45, 7) is 6.22. The highest BCUT2D eigenvalue weighted by molar-refractivity contribution is 5.67. The first-order valence-electron chi connectivity index (χ1n) is 5.41. The van der Waals surface area contributed by atoms with Gasteiger partial charge in [-0.1, -0.05) is 42.8 Å². The molecular weight excluding hydrogens is 200 g/mol. The fourth-order valence-corrected chi connectivity index (χ4v) is 1.86. The van der Waals surface area contributed by atoms with Crippen LogP contribution in [0.5, 0.6) is 0 Å². The maximum Gasteiger partial charge on any atom is 0.172 e. The van der Waals surface area contributed by atoms with Gasteiger partial charge in [0, 0.05) is 11.1 Å². The van der Waals surface area contributed by atoms with E-state index >= 15 is 0 Å². The molecule has 0 unspecified atom stereocenters. The Kier molecular flexibility index (Phi) is 2.69. The second kappa shape index (κ2) is 4.00. The fourth-order valence-electron chi connectivity index (χ4n) is 1.86. The van der Waals surface area contributed by atoms with Crippen LogP contribution in [0, 0.1) is 6.92 Å². The third-order valence-electron chi connectivity index (χ3n) is 2.61. The van der Waals surface area contributed by atoms with Gasteiger partial charge in [-0.3, -0.25) is 0 Å². The van der Waals surface area contributed by atoms with Crippen LogP contribution in [0.25, 0.3) is 11.3 Å². The van der Waals surface area contributed by atoms with Crippen LogP contribution in [-0.4, -0.2) is 5.16 Å². The normalized spacial score (nSPS) is 11.0. The van der Waals surface area contributed by atoms with Gasteiger partial charge < -0.3 is 10.3 Å². The van der Waals surface area contributed by atoms with Gasteiger partial charge in [-0.05, 0) is 18.9 Å². The summed E-state index contributed by atoms with van der Waals surface area (Å²) in [5.41, 5.74) is 9.04. The van der Waals surface area contributed by atoms with Gasteiger partial charge in [-0.2, -0.15) is 0 Å². The Morgan fingerprint density at radius 3 is 2.69 bits per heavy atom. The van der Waals surface area contributed by atoms with E-state index in [0.717, 1.165) is 16.9 Å². The van der Waals surface area contributed by atoms with Crippen molar-refractivity contribution in [2.24, 2.45) is 0 Å². The quantitative estimate of drug-likeness (QED) is 0.837. The maximum absolute atomic E-state index is 5.81. The van der Waals surface area contributed by atoms with Crippen LogP contribution in [0.15, 0.2) is 28.8 Å². The second-order valence-electron chi connectivity index (χ2n) is 4.33. The number of nitrogens with two attached hydrogens (primary N) is 1. The first-order valence-corrected chi connectivity index (χ1v) is 5.41. The Bertz CT molecular complexity index is 500. The van der Waals surface area contributed by atoms with Crippen molar-refractivity contribution in [1.29, 1.82) is 0 Å². The monoisotopic (exact) mass is 216 g/mol. The summed E-state index contributed by atoms with van der Waals surface area (Å²) in [6, 6.07) is 8.15. The first-order chi connectivity index (χ1) is 7.59. The summed E-state index contributed by atoms with van der Waals surface area (Å²) < 4.78 is 5.32. The zero-order valence-electron chi connectivity index (χ0n) is 9.82. The molecule has 16 heavy (non-hydrogen) atoms. The topological polar surface area (TPSA) is 52.0 Å². The highest BCUT2D eigenvalue weighted by Crippen LogP contribution is 2.33. The Balaban J connectivity index is 2.56. The molecule has 0 aliphatic heterocycles. The van der Waals surface area contributed by atoms with E-state index in [4.69, 9.17) is 10.3 Å². The average Bonchev–Trinajstić information content (AvgIpc) is 2.60. The lowest BCUT2D eigenvalue weighted by atomic mass is 9.98. The Morgan fingerprint density at radius 2 is 2.06 bits per heavy atom. The van der Waals surface area contributed by atoms with Crippen LogP contribution in [0.3, 0.4) is 0 Å². The molecule has 0 saturated heterocycles. The molecule has 0 radical (unpaired) electrons. The standard InChI is InChI=1S/C13H16N2O/c1-8(2)11-12(16-15-13(11)14)10-6-4-5-9(3)7-10/h4-8H,1-3H3,(H2,14,15). The lowest BCUT2D eigenvalue weighted by Gasteiger charge is -2.05. The molecule has 0 saturated carbocycles. The molecule has 0 atom stereocenters. The van der Waals surface area contributed by atoms with Gasteiger partial charge in [-0.25, -0.2) is 0 Å². The van der Waals surface area contributed by atoms with Gasteiger partial charge in [0.05, 0.1) is 0 Å². The number of nitrogens with zero attached hydrogens (tertiary/aromatic N) is 1. The van der Waals surface area contributed by atoms with Crippen LogP contribution in [0.1, 0.15) is 30.9 Å². The Hall–Kier alpha value is -1.77.